The van der Waals surface area contributed by atoms with Crippen LogP contribution in [0.15, 0.2) is 54.6 Å². The van der Waals surface area contributed by atoms with Crippen LogP contribution in [0.5, 0.6) is 5.75 Å². The zero-order valence-corrected chi connectivity index (χ0v) is 16.4. The molecule has 1 atom stereocenters. The van der Waals surface area contributed by atoms with Crippen LogP contribution in [0, 0.1) is 0 Å². The van der Waals surface area contributed by atoms with Gasteiger partial charge in [-0.25, -0.2) is 0 Å². The van der Waals surface area contributed by atoms with Gasteiger partial charge in [0.05, 0.1) is 0 Å². The van der Waals surface area contributed by atoms with Crippen LogP contribution in [0.25, 0.3) is 0 Å². The number of nitrogens with zero attached hydrogens (tertiary/aromatic N) is 1. The summed E-state index contributed by atoms with van der Waals surface area (Å²) < 4.78 is 5.57. The number of rotatable bonds is 9. The zero-order valence-electron chi connectivity index (χ0n) is 15.7. The first kappa shape index (κ1) is 20.8. The van der Waals surface area contributed by atoms with Crippen molar-refractivity contribution >= 4 is 23.4 Å². The topological polar surface area (TPSA) is 58.6 Å². The van der Waals surface area contributed by atoms with Crippen molar-refractivity contribution in [2.24, 2.45) is 0 Å². The first-order valence-electron chi connectivity index (χ1n) is 9.00. The molecule has 0 aromatic heterocycles. The summed E-state index contributed by atoms with van der Waals surface area (Å²) in [4.78, 5) is 26.7. The number of hydrogen-bond donors (Lipinski definition) is 1. The van der Waals surface area contributed by atoms with Crippen molar-refractivity contribution in [3.8, 4) is 5.75 Å². The van der Waals surface area contributed by atoms with Crippen LogP contribution in [-0.2, 0) is 16.1 Å². The molecule has 2 rings (SSSR count). The molecule has 0 spiro atoms. The van der Waals surface area contributed by atoms with Crippen molar-refractivity contribution in [1.82, 2.24) is 10.2 Å². The number of amides is 2. The summed E-state index contributed by atoms with van der Waals surface area (Å²) >= 11 is 5.86. The quantitative estimate of drug-likeness (QED) is 0.713. The average molecular weight is 389 g/mol. The normalized spacial score (nSPS) is 11.5. The molecule has 0 bridgehead atoms. The van der Waals surface area contributed by atoms with Gasteiger partial charge in [-0.15, -0.1) is 0 Å². The van der Waals surface area contributed by atoms with Crippen LogP contribution in [0.3, 0.4) is 0 Å². The Bertz CT molecular complexity index is 735. The maximum atomic E-state index is 12.8. The predicted octanol–water partition coefficient (Wildman–Crippen LogP) is 3.66. The van der Waals surface area contributed by atoms with E-state index in [1.807, 2.05) is 37.3 Å². The summed E-state index contributed by atoms with van der Waals surface area (Å²) in [5, 5.41) is 3.44. The maximum Gasteiger partial charge on any atom is 0.261 e. The van der Waals surface area contributed by atoms with Crippen molar-refractivity contribution in [1.29, 1.82) is 0 Å². The fourth-order valence-electron chi connectivity index (χ4n) is 2.52. The van der Waals surface area contributed by atoms with Crippen LogP contribution in [0.1, 0.15) is 25.8 Å². The molecule has 27 heavy (non-hydrogen) atoms. The van der Waals surface area contributed by atoms with Crippen molar-refractivity contribution in [3.05, 3.63) is 65.2 Å². The van der Waals surface area contributed by atoms with E-state index in [0.29, 0.717) is 23.9 Å². The molecule has 0 aliphatic heterocycles. The Hall–Kier alpha value is -2.53. The molecule has 5 nitrogen and oxygen atoms in total. The smallest absolute Gasteiger partial charge is 0.261 e. The Morgan fingerprint density at radius 3 is 2.41 bits per heavy atom. The molecule has 0 saturated heterocycles. The van der Waals surface area contributed by atoms with Crippen molar-refractivity contribution in [2.75, 3.05) is 13.2 Å². The summed E-state index contributed by atoms with van der Waals surface area (Å²) in [6.07, 6.45) is 0.838. The number of ether oxygens (including phenoxy) is 1. The Morgan fingerprint density at radius 1 is 1.11 bits per heavy atom. The fraction of sp³-hybridized carbons (Fsp3) is 0.333. The second-order valence-electron chi connectivity index (χ2n) is 6.22. The van der Waals surface area contributed by atoms with Crippen LogP contribution in [0.2, 0.25) is 5.02 Å². The summed E-state index contributed by atoms with van der Waals surface area (Å²) in [5.74, 6) is 0.121. The summed E-state index contributed by atoms with van der Waals surface area (Å²) in [6.45, 7) is 4.48. The number of hydrogen-bond acceptors (Lipinski definition) is 3. The van der Waals surface area contributed by atoms with Crippen LogP contribution >= 0.6 is 11.6 Å². The van der Waals surface area contributed by atoms with Gasteiger partial charge in [0.1, 0.15) is 11.8 Å². The number of carbonyl (C=O) groups excluding carboxylic acids is 2. The average Bonchev–Trinajstić information content (AvgIpc) is 2.69. The van der Waals surface area contributed by atoms with Gasteiger partial charge < -0.3 is 15.0 Å². The number of carbonyl (C=O) groups is 2. The molecule has 2 aromatic carbocycles. The molecule has 6 heteroatoms. The molecule has 0 fully saturated rings. The largest absolute Gasteiger partial charge is 0.484 e. The van der Waals surface area contributed by atoms with E-state index in [4.69, 9.17) is 16.3 Å². The lowest BCUT2D eigenvalue weighted by molar-refractivity contribution is -0.142. The molecule has 0 heterocycles. The van der Waals surface area contributed by atoms with E-state index in [0.717, 1.165) is 12.0 Å². The molecule has 0 saturated carbocycles. The molecule has 0 aliphatic rings. The van der Waals surface area contributed by atoms with E-state index < -0.39 is 6.04 Å². The molecule has 144 valence electrons. The minimum atomic E-state index is -0.599. The van der Waals surface area contributed by atoms with Gasteiger partial charge in [0, 0.05) is 18.1 Å². The predicted molar refractivity (Wildman–Crippen MR) is 107 cm³/mol. The third kappa shape index (κ3) is 6.61. The minimum absolute atomic E-state index is 0.153. The van der Waals surface area contributed by atoms with Crippen molar-refractivity contribution in [3.63, 3.8) is 0 Å². The van der Waals surface area contributed by atoms with E-state index in [2.05, 4.69) is 5.32 Å². The van der Waals surface area contributed by atoms with E-state index in [9.17, 15) is 9.59 Å². The Balaban J connectivity index is 2.08. The van der Waals surface area contributed by atoms with E-state index >= 15 is 0 Å². The van der Waals surface area contributed by atoms with Crippen LogP contribution < -0.4 is 10.1 Å². The molecule has 2 amide bonds. The lowest BCUT2D eigenvalue weighted by Crippen LogP contribution is -2.49. The highest BCUT2D eigenvalue weighted by Gasteiger charge is 2.26. The van der Waals surface area contributed by atoms with E-state index in [-0.39, 0.29) is 18.4 Å². The molecule has 0 aliphatic carbocycles. The molecule has 0 unspecified atom stereocenters. The highest BCUT2D eigenvalue weighted by molar-refractivity contribution is 6.30. The van der Waals surface area contributed by atoms with Gasteiger partial charge in [-0.3, -0.25) is 9.59 Å². The second-order valence-corrected chi connectivity index (χ2v) is 6.65. The SMILES string of the molecule is CCCNC(=O)[C@@H](C)N(Cc1ccccc1)C(=O)COc1ccc(Cl)cc1. The van der Waals surface area contributed by atoms with Gasteiger partial charge in [0.25, 0.3) is 5.91 Å². The zero-order chi connectivity index (χ0) is 19.6. The third-order valence-electron chi connectivity index (χ3n) is 4.09. The fourth-order valence-corrected chi connectivity index (χ4v) is 2.64. The third-order valence-corrected chi connectivity index (χ3v) is 4.34. The van der Waals surface area contributed by atoms with Crippen LogP contribution in [-0.4, -0.2) is 35.9 Å². The van der Waals surface area contributed by atoms with Crippen molar-refractivity contribution < 1.29 is 14.3 Å². The lowest BCUT2D eigenvalue weighted by Gasteiger charge is -2.28. The molecule has 2 aromatic rings. The Morgan fingerprint density at radius 2 is 1.78 bits per heavy atom. The monoisotopic (exact) mass is 388 g/mol. The summed E-state index contributed by atoms with van der Waals surface area (Å²) in [5.41, 5.74) is 0.951. The first-order chi connectivity index (χ1) is 13.0. The molecular weight excluding hydrogens is 364 g/mol. The second kappa shape index (κ2) is 10.6. The van der Waals surface area contributed by atoms with Crippen molar-refractivity contribution in [2.45, 2.75) is 32.9 Å². The standard InChI is InChI=1S/C21H25ClN2O3/c1-3-13-23-21(26)16(2)24(14-17-7-5-4-6-8-17)20(25)15-27-19-11-9-18(22)10-12-19/h4-12,16H,3,13-15H2,1-2H3,(H,23,26)/t16-/m1/s1. The van der Waals surface area contributed by atoms with Crippen LogP contribution in [0.4, 0.5) is 0 Å². The highest BCUT2D eigenvalue weighted by Crippen LogP contribution is 2.16. The number of halogens is 1. The lowest BCUT2D eigenvalue weighted by atomic mass is 10.1. The van der Waals surface area contributed by atoms with E-state index in [1.165, 1.54) is 4.90 Å². The summed E-state index contributed by atoms with van der Waals surface area (Å²) in [7, 11) is 0. The molecular formula is C21H25ClN2O3. The Labute approximate surface area is 165 Å². The molecule has 0 radical (unpaired) electrons. The highest BCUT2D eigenvalue weighted by atomic mass is 35.5. The maximum absolute atomic E-state index is 12.8. The number of nitrogens with one attached hydrogen (secondary N) is 1. The van der Waals surface area contributed by atoms with E-state index in [1.54, 1.807) is 31.2 Å². The Kier molecular flexibility index (Phi) is 8.14. The summed E-state index contributed by atoms with van der Waals surface area (Å²) in [6, 6.07) is 15.8. The van der Waals surface area contributed by atoms with Gasteiger partial charge in [-0.05, 0) is 43.2 Å². The first-order valence-corrected chi connectivity index (χ1v) is 9.38. The van der Waals surface area contributed by atoms with Gasteiger partial charge in [0.15, 0.2) is 6.61 Å². The van der Waals surface area contributed by atoms with Gasteiger partial charge in [-0.1, -0.05) is 48.9 Å². The van der Waals surface area contributed by atoms with Gasteiger partial charge >= 0.3 is 0 Å². The number of benzene rings is 2. The van der Waals surface area contributed by atoms with Gasteiger partial charge in [0.2, 0.25) is 5.91 Å². The van der Waals surface area contributed by atoms with Gasteiger partial charge in [-0.2, -0.15) is 0 Å². The minimum Gasteiger partial charge on any atom is -0.484 e. The molecule has 1 N–H and O–H groups in total.